The van der Waals surface area contributed by atoms with Gasteiger partial charge in [0.1, 0.15) is 5.75 Å². The SMILES string of the molecule is CCCCOCC(COCCCC)c1cc(O)ccc1N. The van der Waals surface area contributed by atoms with Crippen molar-refractivity contribution in [1.82, 2.24) is 0 Å². The highest BCUT2D eigenvalue weighted by atomic mass is 16.5. The van der Waals surface area contributed by atoms with E-state index < -0.39 is 0 Å². The smallest absolute Gasteiger partial charge is 0.116 e. The van der Waals surface area contributed by atoms with Crippen LogP contribution < -0.4 is 5.73 Å². The summed E-state index contributed by atoms with van der Waals surface area (Å²) in [5, 5.41) is 9.67. The number of unbranched alkanes of at least 4 members (excludes halogenated alkanes) is 2. The molecule has 120 valence electrons. The van der Waals surface area contributed by atoms with Gasteiger partial charge >= 0.3 is 0 Å². The number of nitrogen functional groups attached to an aromatic ring is 1. The molecule has 1 aromatic carbocycles. The minimum atomic E-state index is 0.0609. The molecule has 0 saturated carbocycles. The maximum Gasteiger partial charge on any atom is 0.116 e. The molecule has 0 bridgehead atoms. The van der Waals surface area contributed by atoms with Crippen molar-refractivity contribution in [2.75, 3.05) is 32.2 Å². The third-order valence-electron chi connectivity index (χ3n) is 3.43. The summed E-state index contributed by atoms with van der Waals surface area (Å²) in [6.07, 6.45) is 4.34. The third kappa shape index (κ3) is 6.82. The molecule has 0 fully saturated rings. The predicted octanol–water partition coefficient (Wildman–Crippen LogP) is 3.69. The van der Waals surface area contributed by atoms with Gasteiger partial charge in [0.2, 0.25) is 0 Å². The zero-order valence-electron chi connectivity index (χ0n) is 13.3. The number of hydrogen-bond acceptors (Lipinski definition) is 4. The monoisotopic (exact) mass is 295 g/mol. The number of hydrogen-bond donors (Lipinski definition) is 2. The second-order valence-corrected chi connectivity index (χ2v) is 5.37. The van der Waals surface area contributed by atoms with Crippen LogP contribution in [-0.4, -0.2) is 31.5 Å². The molecule has 0 amide bonds. The molecule has 1 aromatic rings. The van der Waals surface area contributed by atoms with E-state index in [2.05, 4.69) is 13.8 Å². The summed E-state index contributed by atoms with van der Waals surface area (Å²) in [4.78, 5) is 0. The molecular weight excluding hydrogens is 266 g/mol. The Morgan fingerprint density at radius 3 is 2.14 bits per heavy atom. The minimum Gasteiger partial charge on any atom is -0.508 e. The average molecular weight is 295 g/mol. The number of aromatic hydroxyl groups is 1. The molecule has 1 rings (SSSR count). The van der Waals surface area contributed by atoms with Gasteiger partial charge in [0, 0.05) is 24.8 Å². The van der Waals surface area contributed by atoms with E-state index in [9.17, 15) is 5.11 Å². The Morgan fingerprint density at radius 1 is 1.05 bits per heavy atom. The molecule has 21 heavy (non-hydrogen) atoms. The fourth-order valence-electron chi connectivity index (χ4n) is 2.09. The van der Waals surface area contributed by atoms with Crippen molar-refractivity contribution in [3.05, 3.63) is 23.8 Å². The summed E-state index contributed by atoms with van der Waals surface area (Å²) < 4.78 is 11.5. The molecule has 4 heteroatoms. The maximum atomic E-state index is 9.67. The first-order chi connectivity index (χ1) is 10.2. The van der Waals surface area contributed by atoms with Crippen LogP contribution in [0.1, 0.15) is 51.0 Å². The molecule has 0 aliphatic carbocycles. The number of nitrogens with two attached hydrogens (primary N) is 1. The number of phenols is 1. The third-order valence-corrected chi connectivity index (χ3v) is 3.43. The van der Waals surface area contributed by atoms with Gasteiger partial charge < -0.3 is 20.3 Å². The first-order valence-electron chi connectivity index (χ1n) is 7.92. The maximum absolute atomic E-state index is 9.67. The average Bonchev–Trinajstić information content (AvgIpc) is 2.48. The fraction of sp³-hybridized carbons (Fsp3) is 0.647. The van der Waals surface area contributed by atoms with Crippen molar-refractivity contribution < 1.29 is 14.6 Å². The Labute approximate surface area is 128 Å². The van der Waals surface area contributed by atoms with Gasteiger partial charge in [0.25, 0.3) is 0 Å². The van der Waals surface area contributed by atoms with E-state index >= 15 is 0 Å². The molecule has 4 nitrogen and oxygen atoms in total. The van der Waals surface area contributed by atoms with Gasteiger partial charge in [0.15, 0.2) is 0 Å². The molecule has 0 saturated heterocycles. The lowest BCUT2D eigenvalue weighted by Crippen LogP contribution is -2.17. The van der Waals surface area contributed by atoms with Crippen molar-refractivity contribution in [2.24, 2.45) is 0 Å². The molecule has 0 aliphatic heterocycles. The van der Waals surface area contributed by atoms with E-state index in [0.717, 1.165) is 44.5 Å². The van der Waals surface area contributed by atoms with E-state index in [4.69, 9.17) is 15.2 Å². The summed E-state index contributed by atoms with van der Waals surface area (Å²) in [5.74, 6) is 0.289. The second-order valence-electron chi connectivity index (χ2n) is 5.37. The molecular formula is C17H29NO3. The van der Waals surface area contributed by atoms with Crippen LogP contribution in [-0.2, 0) is 9.47 Å². The number of anilines is 1. The van der Waals surface area contributed by atoms with Gasteiger partial charge in [-0.05, 0) is 36.6 Å². The predicted molar refractivity (Wildman–Crippen MR) is 86.7 cm³/mol. The summed E-state index contributed by atoms with van der Waals surface area (Å²) >= 11 is 0. The lowest BCUT2D eigenvalue weighted by molar-refractivity contribution is 0.0636. The highest BCUT2D eigenvalue weighted by Gasteiger charge is 2.16. The molecule has 0 aromatic heterocycles. The summed E-state index contributed by atoms with van der Waals surface area (Å²) in [6.45, 7) is 6.92. The lowest BCUT2D eigenvalue weighted by Gasteiger charge is -2.20. The standard InChI is InChI=1S/C17H29NO3/c1-3-5-9-20-12-14(13-21-10-6-4-2)16-11-15(19)7-8-17(16)18/h7-8,11,14,19H,3-6,9-10,12-13,18H2,1-2H3. The molecule has 0 unspecified atom stereocenters. The van der Waals surface area contributed by atoms with Crippen LogP contribution in [0.4, 0.5) is 5.69 Å². The summed E-state index contributed by atoms with van der Waals surface area (Å²) in [5.41, 5.74) is 7.61. The number of phenolic OH excluding ortho intramolecular Hbond substituents is 1. The highest BCUT2D eigenvalue weighted by Crippen LogP contribution is 2.27. The Bertz CT molecular complexity index is 384. The zero-order valence-corrected chi connectivity index (χ0v) is 13.3. The van der Waals surface area contributed by atoms with Crippen LogP contribution in [0.5, 0.6) is 5.75 Å². The molecule has 0 atom stereocenters. The summed E-state index contributed by atoms with van der Waals surface area (Å²) in [6, 6.07) is 5.05. The van der Waals surface area contributed by atoms with Gasteiger partial charge in [-0.15, -0.1) is 0 Å². The summed E-state index contributed by atoms with van der Waals surface area (Å²) in [7, 11) is 0. The van der Waals surface area contributed by atoms with Crippen LogP contribution in [0.2, 0.25) is 0 Å². The van der Waals surface area contributed by atoms with E-state index in [1.807, 2.05) is 0 Å². The van der Waals surface area contributed by atoms with Crippen LogP contribution in [0.15, 0.2) is 18.2 Å². The van der Waals surface area contributed by atoms with E-state index in [0.29, 0.717) is 18.9 Å². The zero-order chi connectivity index (χ0) is 15.5. The lowest BCUT2D eigenvalue weighted by atomic mass is 9.98. The number of rotatable bonds is 11. The second kappa shape index (κ2) is 10.5. The number of ether oxygens (including phenoxy) is 2. The molecule has 0 radical (unpaired) electrons. The Kier molecular flexibility index (Phi) is 8.87. The van der Waals surface area contributed by atoms with Gasteiger partial charge in [-0.1, -0.05) is 26.7 Å². The molecule has 3 N–H and O–H groups in total. The number of benzene rings is 1. The normalized spacial score (nSPS) is 11.2. The van der Waals surface area contributed by atoms with E-state index in [-0.39, 0.29) is 11.7 Å². The van der Waals surface area contributed by atoms with Gasteiger partial charge in [-0.25, -0.2) is 0 Å². The fourth-order valence-corrected chi connectivity index (χ4v) is 2.09. The van der Waals surface area contributed by atoms with Gasteiger partial charge in [-0.2, -0.15) is 0 Å². The van der Waals surface area contributed by atoms with Crippen molar-refractivity contribution in [1.29, 1.82) is 0 Å². The molecule has 0 heterocycles. The quantitative estimate of drug-likeness (QED) is 0.371. The van der Waals surface area contributed by atoms with Crippen LogP contribution in [0, 0.1) is 0 Å². The van der Waals surface area contributed by atoms with Crippen molar-refractivity contribution >= 4 is 5.69 Å². The largest absolute Gasteiger partial charge is 0.508 e. The first kappa shape index (κ1) is 17.8. The van der Waals surface area contributed by atoms with E-state index in [1.165, 1.54) is 0 Å². The topological polar surface area (TPSA) is 64.7 Å². The molecule has 0 spiro atoms. The highest BCUT2D eigenvalue weighted by molar-refractivity contribution is 5.52. The Balaban J connectivity index is 2.63. The van der Waals surface area contributed by atoms with Gasteiger partial charge in [-0.3, -0.25) is 0 Å². The van der Waals surface area contributed by atoms with Crippen molar-refractivity contribution in [3.63, 3.8) is 0 Å². The van der Waals surface area contributed by atoms with Crippen molar-refractivity contribution in [2.45, 2.75) is 45.4 Å². The van der Waals surface area contributed by atoms with E-state index in [1.54, 1.807) is 18.2 Å². The van der Waals surface area contributed by atoms with Crippen LogP contribution in [0.25, 0.3) is 0 Å². The first-order valence-corrected chi connectivity index (χ1v) is 7.92. The van der Waals surface area contributed by atoms with Crippen LogP contribution >= 0.6 is 0 Å². The van der Waals surface area contributed by atoms with Crippen molar-refractivity contribution in [3.8, 4) is 5.75 Å². The minimum absolute atomic E-state index is 0.0609. The Hall–Kier alpha value is -1.26. The Morgan fingerprint density at radius 2 is 1.62 bits per heavy atom. The molecule has 0 aliphatic rings. The van der Waals surface area contributed by atoms with Crippen LogP contribution in [0.3, 0.4) is 0 Å². The van der Waals surface area contributed by atoms with Gasteiger partial charge in [0.05, 0.1) is 13.2 Å².